The van der Waals surface area contributed by atoms with Gasteiger partial charge in [0.05, 0.1) is 18.6 Å². The van der Waals surface area contributed by atoms with Crippen LogP contribution in [0.25, 0.3) is 0 Å². The van der Waals surface area contributed by atoms with Crippen LogP contribution in [-0.4, -0.2) is 50.9 Å². The predicted octanol–water partition coefficient (Wildman–Crippen LogP) is 7.11. The van der Waals surface area contributed by atoms with Gasteiger partial charge in [0.25, 0.3) is 0 Å². The van der Waals surface area contributed by atoms with Crippen LogP contribution in [0.4, 0.5) is 23.2 Å². The minimum absolute atomic E-state index is 0.0147. The fourth-order valence-electron chi connectivity index (χ4n) is 5.21. The zero-order valence-corrected chi connectivity index (χ0v) is 24.5. The van der Waals surface area contributed by atoms with Gasteiger partial charge in [-0.05, 0) is 80.8 Å². The highest BCUT2D eigenvalue weighted by molar-refractivity contribution is 7.92. The minimum atomic E-state index is -5.51. The Balaban J connectivity index is 1.55. The Morgan fingerprint density at radius 1 is 1.10 bits per heavy atom. The quantitative estimate of drug-likeness (QED) is 0.293. The number of carbonyl (C=O) groups is 1. The number of likely N-dealkylation sites (tertiary alicyclic amines) is 1. The van der Waals surface area contributed by atoms with Crippen LogP contribution in [0.15, 0.2) is 30.3 Å². The fourth-order valence-corrected chi connectivity index (χ4v) is 6.66. The first-order chi connectivity index (χ1) is 18.6. The van der Waals surface area contributed by atoms with Crippen molar-refractivity contribution in [3.8, 4) is 5.75 Å². The molecule has 2 fully saturated rings. The van der Waals surface area contributed by atoms with Gasteiger partial charge < -0.3 is 4.74 Å². The summed E-state index contributed by atoms with van der Waals surface area (Å²) in [6.07, 6.45) is -1.99. The Labute approximate surface area is 241 Å². The third-order valence-electron chi connectivity index (χ3n) is 7.44. The van der Waals surface area contributed by atoms with Crippen molar-refractivity contribution < 1.29 is 35.5 Å². The second-order valence-corrected chi connectivity index (χ2v) is 13.3. The molecule has 3 atom stereocenters. The van der Waals surface area contributed by atoms with E-state index in [2.05, 4.69) is 18.7 Å². The molecule has 1 heterocycles. The van der Waals surface area contributed by atoms with Crippen molar-refractivity contribution >= 4 is 44.8 Å². The molecule has 13 heteroatoms. The summed E-state index contributed by atoms with van der Waals surface area (Å²) in [6.45, 7) is 5.10. The van der Waals surface area contributed by atoms with Gasteiger partial charge >= 0.3 is 12.1 Å². The summed E-state index contributed by atoms with van der Waals surface area (Å²) < 4.78 is 84.4. The average molecular weight is 626 g/mol. The van der Waals surface area contributed by atoms with Gasteiger partial charge in [-0.25, -0.2) is 12.8 Å². The maximum Gasteiger partial charge on any atom is 0.472 e. The summed E-state index contributed by atoms with van der Waals surface area (Å²) in [4.78, 5) is 14.3. The normalized spacial score (nSPS) is 21.2. The van der Waals surface area contributed by atoms with Crippen molar-refractivity contribution in [2.45, 2.75) is 63.7 Å². The molecule has 0 spiro atoms. The van der Waals surface area contributed by atoms with Gasteiger partial charge in [-0.3, -0.25) is 9.69 Å². The zero-order valence-electron chi connectivity index (χ0n) is 22.1. The summed E-state index contributed by atoms with van der Waals surface area (Å²) in [5.41, 5.74) is 0.386. The predicted molar refractivity (Wildman–Crippen MR) is 146 cm³/mol. The molecule has 1 amide bonds. The number of anilines is 1. The van der Waals surface area contributed by atoms with Gasteiger partial charge in [-0.15, -0.1) is 0 Å². The highest BCUT2D eigenvalue weighted by Crippen LogP contribution is 2.47. The standard InChI is InChI=1S/C27H30Cl2F4N2O4S/c1-15-4-5-17(13-34(15)16(2)19-8-20(28)10-21(29)9-19)14-39-25-12-23(30)24(11-22(25)18-6-7-18)35(40(3,37)38)26(36)27(31,32)33/h8-12,15-18H,4-7,13-14H2,1-3H3/t15-,16+,17-/m1/s1. The Morgan fingerprint density at radius 3 is 2.27 bits per heavy atom. The number of ether oxygens (including phenoxy) is 1. The van der Waals surface area contributed by atoms with Crippen LogP contribution in [0, 0.1) is 11.7 Å². The largest absolute Gasteiger partial charge is 0.493 e. The van der Waals surface area contributed by atoms with E-state index < -0.39 is 37.9 Å². The van der Waals surface area contributed by atoms with E-state index >= 15 is 4.39 Å². The summed E-state index contributed by atoms with van der Waals surface area (Å²) in [5, 5.41) is 1.09. The van der Waals surface area contributed by atoms with Gasteiger partial charge in [0.2, 0.25) is 10.0 Å². The van der Waals surface area contributed by atoms with Crippen LogP contribution in [0.3, 0.4) is 0 Å². The Morgan fingerprint density at radius 2 is 1.73 bits per heavy atom. The average Bonchev–Trinajstić information content (AvgIpc) is 3.67. The molecule has 0 N–H and O–H groups in total. The third kappa shape index (κ3) is 7.03. The van der Waals surface area contributed by atoms with Crippen molar-refractivity contribution in [2.75, 3.05) is 23.7 Å². The van der Waals surface area contributed by atoms with E-state index in [0.29, 0.717) is 41.3 Å². The number of halogens is 6. The van der Waals surface area contributed by atoms with E-state index in [1.54, 1.807) is 6.07 Å². The lowest BCUT2D eigenvalue weighted by Crippen LogP contribution is -2.45. The number of rotatable bonds is 8. The number of alkyl halides is 3. The van der Waals surface area contributed by atoms with Gasteiger partial charge in [-0.2, -0.15) is 17.5 Å². The molecule has 1 aliphatic carbocycles. The Kier molecular flexibility index (Phi) is 9.00. The number of nitrogens with zero attached hydrogens (tertiary/aromatic N) is 2. The number of carbonyl (C=O) groups excluding carboxylic acids is 1. The van der Waals surface area contributed by atoms with Gasteiger partial charge in [0.15, 0.2) is 5.82 Å². The van der Waals surface area contributed by atoms with E-state index in [1.165, 1.54) is 0 Å². The van der Waals surface area contributed by atoms with Crippen molar-refractivity contribution in [3.05, 3.63) is 57.3 Å². The molecule has 40 heavy (non-hydrogen) atoms. The summed E-state index contributed by atoms with van der Waals surface area (Å²) in [7, 11) is -4.77. The van der Waals surface area contributed by atoms with Gasteiger partial charge in [0, 0.05) is 40.7 Å². The second kappa shape index (κ2) is 11.7. The minimum Gasteiger partial charge on any atom is -0.493 e. The molecule has 6 nitrogen and oxygen atoms in total. The number of hydrogen-bond donors (Lipinski definition) is 0. The monoisotopic (exact) mass is 624 g/mol. The van der Waals surface area contributed by atoms with Crippen LogP contribution in [0.5, 0.6) is 5.75 Å². The maximum atomic E-state index is 15.1. The third-order valence-corrected chi connectivity index (χ3v) is 8.90. The first kappa shape index (κ1) is 30.9. The van der Waals surface area contributed by atoms with Crippen LogP contribution < -0.4 is 9.04 Å². The molecule has 1 aliphatic heterocycles. The molecule has 2 aromatic carbocycles. The lowest BCUT2D eigenvalue weighted by molar-refractivity contribution is -0.169. The van der Waals surface area contributed by atoms with Crippen LogP contribution in [-0.2, 0) is 14.8 Å². The smallest absolute Gasteiger partial charge is 0.472 e. The molecular weight excluding hydrogens is 595 g/mol. The lowest BCUT2D eigenvalue weighted by Gasteiger charge is -2.42. The summed E-state index contributed by atoms with van der Waals surface area (Å²) >= 11 is 12.4. The van der Waals surface area contributed by atoms with E-state index in [4.69, 9.17) is 27.9 Å². The molecule has 2 aromatic rings. The molecule has 0 unspecified atom stereocenters. The van der Waals surface area contributed by atoms with Crippen molar-refractivity contribution in [2.24, 2.45) is 5.92 Å². The van der Waals surface area contributed by atoms with E-state index in [1.807, 2.05) is 12.1 Å². The summed E-state index contributed by atoms with van der Waals surface area (Å²) in [6, 6.07) is 7.58. The topological polar surface area (TPSA) is 66.9 Å². The van der Waals surface area contributed by atoms with E-state index in [9.17, 15) is 26.4 Å². The molecular formula is C27H30Cl2F4N2O4S. The van der Waals surface area contributed by atoms with Crippen LogP contribution >= 0.6 is 23.2 Å². The van der Waals surface area contributed by atoms with Crippen LogP contribution in [0.1, 0.15) is 62.6 Å². The Bertz CT molecular complexity index is 1370. The Hall–Kier alpha value is -2.08. The van der Waals surface area contributed by atoms with Gasteiger partial charge in [0.1, 0.15) is 5.75 Å². The van der Waals surface area contributed by atoms with E-state index in [0.717, 1.165) is 30.5 Å². The lowest BCUT2D eigenvalue weighted by atomic mass is 9.91. The number of sulfonamides is 1. The number of amides is 1. The highest BCUT2D eigenvalue weighted by atomic mass is 35.5. The molecule has 0 radical (unpaired) electrons. The van der Waals surface area contributed by atoms with Crippen molar-refractivity contribution in [1.82, 2.24) is 4.90 Å². The number of benzene rings is 2. The van der Waals surface area contributed by atoms with Crippen LogP contribution in [0.2, 0.25) is 10.0 Å². The molecule has 0 bridgehead atoms. The number of piperidine rings is 1. The van der Waals surface area contributed by atoms with Gasteiger partial charge in [-0.1, -0.05) is 23.2 Å². The van der Waals surface area contributed by atoms with Crippen molar-refractivity contribution in [1.29, 1.82) is 0 Å². The first-order valence-corrected chi connectivity index (χ1v) is 15.5. The SMILES string of the molecule is C[C@@H]1CC[C@@H](COc2cc(F)c(N(C(=O)C(F)(F)F)S(C)(=O)=O)cc2C2CC2)CN1[C@@H](C)c1cc(Cl)cc(Cl)c1. The molecule has 2 aliphatic rings. The molecule has 0 aromatic heterocycles. The number of hydrogen-bond acceptors (Lipinski definition) is 5. The van der Waals surface area contributed by atoms with Crippen molar-refractivity contribution in [3.63, 3.8) is 0 Å². The zero-order chi connectivity index (χ0) is 29.6. The first-order valence-electron chi connectivity index (χ1n) is 12.9. The summed E-state index contributed by atoms with van der Waals surface area (Å²) in [5.74, 6) is -3.91. The maximum absolute atomic E-state index is 15.1. The molecule has 4 rings (SSSR count). The fraction of sp³-hybridized carbons (Fsp3) is 0.519. The van der Waals surface area contributed by atoms with E-state index in [-0.39, 0.29) is 36.3 Å². The molecule has 1 saturated heterocycles. The second-order valence-electron chi connectivity index (χ2n) is 10.6. The highest BCUT2D eigenvalue weighted by Gasteiger charge is 2.47. The molecule has 220 valence electrons. The molecule has 1 saturated carbocycles.